The van der Waals surface area contributed by atoms with E-state index in [1.54, 1.807) is 0 Å². The minimum Gasteiger partial charge on any atom is -0.396 e. The maximum absolute atomic E-state index is 11.6. The van der Waals surface area contributed by atoms with Gasteiger partial charge in [0, 0.05) is 18.4 Å². The van der Waals surface area contributed by atoms with E-state index in [0.29, 0.717) is 25.2 Å². The molecule has 0 saturated heterocycles. The zero-order valence-electron chi connectivity index (χ0n) is 21.9. The number of rotatable bonds is 6. The third-order valence-electron chi connectivity index (χ3n) is 11.9. The van der Waals surface area contributed by atoms with E-state index in [9.17, 15) is 30.6 Å². The van der Waals surface area contributed by atoms with Gasteiger partial charge in [0.1, 0.15) is 0 Å². The van der Waals surface area contributed by atoms with Gasteiger partial charge in [0.2, 0.25) is 0 Å². The number of hydrogen-bond donors (Lipinski definition) is 6. The monoisotopic (exact) mass is 482 g/mol. The summed E-state index contributed by atoms with van der Waals surface area (Å²) >= 11 is 0. The van der Waals surface area contributed by atoms with Crippen molar-refractivity contribution in [1.29, 1.82) is 0 Å². The van der Waals surface area contributed by atoms with Gasteiger partial charge in [-0.25, -0.2) is 0 Å². The molecule has 6 nitrogen and oxygen atoms in total. The van der Waals surface area contributed by atoms with Crippen molar-refractivity contribution in [1.82, 2.24) is 0 Å². The van der Waals surface area contributed by atoms with Crippen molar-refractivity contribution in [3.63, 3.8) is 0 Å². The summed E-state index contributed by atoms with van der Waals surface area (Å²) in [4.78, 5) is 0. The summed E-state index contributed by atoms with van der Waals surface area (Å²) in [7, 11) is 0. The van der Waals surface area contributed by atoms with Crippen LogP contribution in [0, 0.1) is 52.3 Å². The van der Waals surface area contributed by atoms with Crippen molar-refractivity contribution in [3.8, 4) is 0 Å². The van der Waals surface area contributed by atoms with Crippen LogP contribution >= 0.6 is 0 Å². The Hall–Kier alpha value is -0.240. The summed E-state index contributed by atoms with van der Waals surface area (Å²) in [6.07, 6.45) is 2.56. The zero-order valence-corrected chi connectivity index (χ0v) is 21.9. The van der Waals surface area contributed by atoms with Crippen LogP contribution in [0.4, 0.5) is 0 Å². The van der Waals surface area contributed by atoms with Crippen molar-refractivity contribution in [2.45, 2.75) is 116 Å². The molecule has 4 rings (SSSR count). The van der Waals surface area contributed by atoms with E-state index in [1.165, 1.54) is 0 Å². The predicted molar refractivity (Wildman–Crippen MR) is 131 cm³/mol. The lowest BCUT2D eigenvalue weighted by atomic mass is 9.42. The van der Waals surface area contributed by atoms with Crippen molar-refractivity contribution < 1.29 is 30.6 Å². The molecule has 14 atom stereocenters. The summed E-state index contributed by atoms with van der Waals surface area (Å²) in [5.74, 6) is 0.993. The van der Waals surface area contributed by atoms with E-state index in [2.05, 4.69) is 34.6 Å². The van der Waals surface area contributed by atoms with Gasteiger partial charge in [-0.2, -0.15) is 0 Å². The van der Waals surface area contributed by atoms with Crippen LogP contribution in [0.5, 0.6) is 0 Å². The van der Waals surface area contributed by atoms with Crippen molar-refractivity contribution in [2.24, 2.45) is 52.3 Å². The molecule has 6 heteroatoms. The van der Waals surface area contributed by atoms with Crippen LogP contribution in [0.15, 0.2) is 0 Å². The maximum atomic E-state index is 11.6. The molecule has 0 amide bonds. The van der Waals surface area contributed by atoms with Crippen molar-refractivity contribution in [2.75, 3.05) is 6.61 Å². The molecule has 0 aromatic carbocycles. The molecule has 4 saturated carbocycles. The Labute approximate surface area is 205 Å². The van der Waals surface area contributed by atoms with Crippen molar-refractivity contribution in [3.05, 3.63) is 0 Å². The Morgan fingerprint density at radius 1 is 0.882 bits per heavy atom. The molecular weight excluding hydrogens is 432 g/mol. The Balaban J connectivity index is 1.59. The van der Waals surface area contributed by atoms with Gasteiger partial charge < -0.3 is 30.6 Å². The molecule has 0 heterocycles. The second-order valence-electron chi connectivity index (χ2n) is 13.5. The first-order valence-corrected chi connectivity index (χ1v) is 13.9. The zero-order chi connectivity index (χ0) is 25.2. The molecule has 34 heavy (non-hydrogen) atoms. The normalized spacial score (nSPS) is 53.4. The summed E-state index contributed by atoms with van der Waals surface area (Å²) in [5, 5.41) is 65.4. The Morgan fingerprint density at radius 3 is 2.21 bits per heavy atom. The molecule has 0 radical (unpaired) electrons. The lowest BCUT2D eigenvalue weighted by Gasteiger charge is -2.65. The average molecular weight is 483 g/mol. The van der Waals surface area contributed by atoms with Gasteiger partial charge in [-0.15, -0.1) is 0 Å². The predicted octanol–water partition coefficient (Wildman–Crippen LogP) is 2.71. The molecule has 4 aliphatic carbocycles. The SMILES string of the molecule is CC(CO)C(C)CCC(C)C1C(O)C(O)C2C3CC(O)C4(O)CC(O)CCC4(C)C3CCC12C. The van der Waals surface area contributed by atoms with Gasteiger partial charge in [-0.05, 0) is 78.9 Å². The maximum Gasteiger partial charge on any atom is 0.0985 e. The molecule has 0 spiro atoms. The van der Waals surface area contributed by atoms with E-state index in [-0.39, 0.29) is 54.0 Å². The van der Waals surface area contributed by atoms with E-state index < -0.39 is 35.4 Å². The van der Waals surface area contributed by atoms with E-state index in [4.69, 9.17) is 0 Å². The second kappa shape index (κ2) is 9.25. The summed E-state index contributed by atoms with van der Waals surface area (Å²) < 4.78 is 0. The fourth-order valence-corrected chi connectivity index (χ4v) is 9.55. The molecule has 4 aliphatic rings. The minimum absolute atomic E-state index is 0.0102. The third kappa shape index (κ3) is 3.81. The lowest BCUT2D eigenvalue weighted by molar-refractivity contribution is -0.268. The fourth-order valence-electron chi connectivity index (χ4n) is 9.55. The summed E-state index contributed by atoms with van der Waals surface area (Å²) in [5.41, 5.74) is -2.01. The molecular formula is C28H50O6. The van der Waals surface area contributed by atoms with Gasteiger partial charge >= 0.3 is 0 Å². The van der Waals surface area contributed by atoms with Crippen LogP contribution in [-0.4, -0.2) is 67.3 Å². The molecule has 0 aliphatic heterocycles. The first-order chi connectivity index (χ1) is 15.8. The molecule has 4 fully saturated rings. The smallest absolute Gasteiger partial charge is 0.0985 e. The van der Waals surface area contributed by atoms with Gasteiger partial charge in [0.05, 0.1) is 30.0 Å². The van der Waals surface area contributed by atoms with Crippen LogP contribution in [0.3, 0.4) is 0 Å². The number of fused-ring (bicyclic) bond motifs is 5. The van der Waals surface area contributed by atoms with Crippen LogP contribution in [0.1, 0.15) is 86.0 Å². The topological polar surface area (TPSA) is 121 Å². The van der Waals surface area contributed by atoms with E-state index in [1.807, 2.05) is 0 Å². The molecule has 198 valence electrons. The first-order valence-electron chi connectivity index (χ1n) is 13.9. The largest absolute Gasteiger partial charge is 0.396 e. The molecule has 0 aromatic rings. The molecule has 0 bridgehead atoms. The third-order valence-corrected chi connectivity index (χ3v) is 11.9. The standard InChI is InChI=1S/C28H50O6/c1-15(17(3)14-29)6-7-16(2)22-24(32)25(33)23-19-12-21(31)28(34)13-18(30)8-11-27(28,5)20(19)9-10-26(22,23)4/h15-25,29-34H,6-14H2,1-5H3. The Bertz CT molecular complexity index is 732. The molecule has 0 aromatic heterocycles. The number of aliphatic hydroxyl groups excluding tert-OH is 5. The molecule has 6 N–H and O–H groups in total. The van der Waals surface area contributed by atoms with E-state index >= 15 is 0 Å². The second-order valence-corrected chi connectivity index (χ2v) is 13.5. The lowest BCUT2D eigenvalue weighted by Crippen LogP contribution is -2.69. The fraction of sp³-hybridized carbons (Fsp3) is 1.00. The quantitative estimate of drug-likeness (QED) is 0.346. The van der Waals surface area contributed by atoms with Gasteiger partial charge in [0.15, 0.2) is 0 Å². The highest BCUT2D eigenvalue weighted by Crippen LogP contribution is 2.69. The highest BCUT2D eigenvalue weighted by Gasteiger charge is 2.70. The highest BCUT2D eigenvalue weighted by atomic mass is 16.3. The molecule has 14 unspecified atom stereocenters. The van der Waals surface area contributed by atoms with Gasteiger partial charge in [0.25, 0.3) is 0 Å². The van der Waals surface area contributed by atoms with Crippen molar-refractivity contribution >= 4 is 0 Å². The number of hydrogen-bond acceptors (Lipinski definition) is 6. The number of aliphatic hydroxyl groups is 6. The average Bonchev–Trinajstić information content (AvgIpc) is 2.98. The van der Waals surface area contributed by atoms with Gasteiger partial charge in [-0.1, -0.05) is 47.5 Å². The first kappa shape index (κ1) is 26.8. The van der Waals surface area contributed by atoms with Crippen LogP contribution in [0.25, 0.3) is 0 Å². The van der Waals surface area contributed by atoms with E-state index in [0.717, 1.165) is 25.7 Å². The van der Waals surface area contributed by atoms with Crippen LogP contribution in [-0.2, 0) is 0 Å². The van der Waals surface area contributed by atoms with Crippen LogP contribution < -0.4 is 0 Å². The summed E-state index contributed by atoms with van der Waals surface area (Å²) in [6, 6.07) is 0. The van der Waals surface area contributed by atoms with Gasteiger partial charge in [-0.3, -0.25) is 0 Å². The summed E-state index contributed by atoms with van der Waals surface area (Å²) in [6.45, 7) is 11.0. The van der Waals surface area contributed by atoms with Crippen LogP contribution in [0.2, 0.25) is 0 Å². The Kier molecular flexibility index (Phi) is 7.30. The minimum atomic E-state index is -1.30. The highest BCUT2D eigenvalue weighted by molar-refractivity contribution is 5.19. The Morgan fingerprint density at radius 2 is 1.56 bits per heavy atom.